The van der Waals surface area contributed by atoms with Crippen LogP contribution in [0, 0.1) is 0 Å². The van der Waals surface area contributed by atoms with Crippen LogP contribution in [0.15, 0.2) is 12.3 Å². The van der Waals surface area contributed by atoms with E-state index in [4.69, 9.17) is 9.47 Å². The van der Waals surface area contributed by atoms with Gasteiger partial charge in [0.2, 0.25) is 0 Å². The Bertz CT molecular complexity index is 397. The molecule has 0 saturated heterocycles. The molecule has 1 aromatic rings. The molecule has 0 aliphatic heterocycles. The minimum atomic E-state index is 0.315. The van der Waals surface area contributed by atoms with Crippen LogP contribution in [0.3, 0.4) is 0 Å². The normalized spacial score (nSPS) is 17.1. The molecule has 1 aliphatic rings. The van der Waals surface area contributed by atoms with Crippen molar-refractivity contribution in [3.8, 4) is 11.5 Å². The first kappa shape index (κ1) is 13.1. The van der Waals surface area contributed by atoms with Gasteiger partial charge in [0.1, 0.15) is 0 Å². The molecule has 1 heterocycles. The van der Waals surface area contributed by atoms with Gasteiger partial charge in [0.05, 0.1) is 19.9 Å². The smallest absolute Gasteiger partial charge is 0.183 e. The summed E-state index contributed by atoms with van der Waals surface area (Å²) in [4.78, 5) is 4.39. The van der Waals surface area contributed by atoms with E-state index in [1.165, 1.54) is 25.7 Å². The molecule has 4 heteroatoms. The van der Waals surface area contributed by atoms with Gasteiger partial charge in [-0.25, -0.2) is 0 Å². The van der Waals surface area contributed by atoms with E-state index < -0.39 is 0 Å². The molecule has 18 heavy (non-hydrogen) atoms. The van der Waals surface area contributed by atoms with Gasteiger partial charge in [-0.3, -0.25) is 4.98 Å². The summed E-state index contributed by atoms with van der Waals surface area (Å²) >= 11 is 0. The third-order valence-electron chi connectivity index (χ3n) is 3.98. The van der Waals surface area contributed by atoms with E-state index in [0.29, 0.717) is 5.54 Å². The lowest BCUT2D eigenvalue weighted by atomic mass is 9.75. The van der Waals surface area contributed by atoms with Crippen LogP contribution in [0.25, 0.3) is 0 Å². The highest BCUT2D eigenvalue weighted by atomic mass is 16.5. The molecular weight excluding hydrogens is 228 g/mol. The highest BCUT2D eigenvalue weighted by Gasteiger charge is 2.34. The Morgan fingerprint density at radius 2 is 2.11 bits per heavy atom. The van der Waals surface area contributed by atoms with Crippen LogP contribution in [0.1, 0.15) is 38.3 Å². The molecule has 0 radical (unpaired) electrons. The van der Waals surface area contributed by atoms with Gasteiger partial charge in [-0.1, -0.05) is 6.92 Å². The Balaban J connectivity index is 2.09. The van der Waals surface area contributed by atoms with Gasteiger partial charge in [-0.15, -0.1) is 0 Å². The fraction of sp³-hybridized carbons (Fsp3) is 0.643. The zero-order valence-corrected chi connectivity index (χ0v) is 11.5. The molecule has 0 atom stereocenters. The number of hydrogen-bond donors (Lipinski definition) is 1. The van der Waals surface area contributed by atoms with Crippen molar-refractivity contribution in [1.29, 1.82) is 0 Å². The summed E-state index contributed by atoms with van der Waals surface area (Å²) in [7, 11) is 3.30. The number of nitrogens with zero attached hydrogens (tertiary/aromatic N) is 1. The highest BCUT2D eigenvalue weighted by molar-refractivity contribution is 5.42. The molecule has 4 nitrogen and oxygen atoms in total. The van der Waals surface area contributed by atoms with Crippen molar-refractivity contribution in [2.75, 3.05) is 14.2 Å². The van der Waals surface area contributed by atoms with Crippen molar-refractivity contribution < 1.29 is 9.47 Å². The third kappa shape index (κ3) is 2.43. The van der Waals surface area contributed by atoms with Crippen molar-refractivity contribution in [3.05, 3.63) is 18.0 Å². The second-order valence-electron chi connectivity index (χ2n) is 4.83. The van der Waals surface area contributed by atoms with E-state index in [2.05, 4.69) is 17.2 Å². The van der Waals surface area contributed by atoms with Crippen LogP contribution < -0.4 is 14.8 Å². The number of methoxy groups -OCH3 is 2. The largest absolute Gasteiger partial charge is 0.493 e. The molecule has 1 fully saturated rings. The lowest BCUT2D eigenvalue weighted by Gasteiger charge is -2.42. The number of rotatable bonds is 6. The van der Waals surface area contributed by atoms with Crippen molar-refractivity contribution in [3.63, 3.8) is 0 Å². The molecule has 0 unspecified atom stereocenters. The molecule has 0 aromatic carbocycles. The minimum Gasteiger partial charge on any atom is -0.493 e. The maximum atomic E-state index is 5.39. The molecule has 0 amide bonds. The maximum Gasteiger partial charge on any atom is 0.183 e. The van der Waals surface area contributed by atoms with Crippen molar-refractivity contribution in [2.45, 2.75) is 44.7 Å². The Hall–Kier alpha value is -1.29. The molecule has 100 valence electrons. The quantitative estimate of drug-likeness (QED) is 0.842. The molecule has 1 aliphatic carbocycles. The molecule has 0 bridgehead atoms. The van der Waals surface area contributed by atoms with Crippen molar-refractivity contribution >= 4 is 0 Å². The summed E-state index contributed by atoms with van der Waals surface area (Å²) in [5.74, 6) is 1.47. The molecule has 1 aromatic heterocycles. The SMILES string of the molecule is CCC1(NCc2nccc(OC)c2OC)CCC1. The first-order valence-electron chi connectivity index (χ1n) is 6.55. The fourth-order valence-corrected chi connectivity index (χ4v) is 2.51. The zero-order chi connectivity index (χ0) is 13.0. The van der Waals surface area contributed by atoms with Crippen molar-refractivity contribution in [2.24, 2.45) is 0 Å². The topological polar surface area (TPSA) is 43.4 Å². The van der Waals surface area contributed by atoms with Crippen LogP contribution in [-0.4, -0.2) is 24.7 Å². The predicted octanol–water partition coefficient (Wildman–Crippen LogP) is 2.52. The fourth-order valence-electron chi connectivity index (χ4n) is 2.51. The third-order valence-corrected chi connectivity index (χ3v) is 3.98. The van der Waals surface area contributed by atoms with E-state index in [9.17, 15) is 0 Å². The van der Waals surface area contributed by atoms with E-state index in [-0.39, 0.29) is 0 Å². The summed E-state index contributed by atoms with van der Waals surface area (Å²) in [5.41, 5.74) is 1.23. The van der Waals surface area contributed by atoms with Crippen molar-refractivity contribution in [1.82, 2.24) is 10.3 Å². The first-order valence-corrected chi connectivity index (χ1v) is 6.55. The van der Waals surface area contributed by atoms with Gasteiger partial charge in [0, 0.05) is 24.3 Å². The monoisotopic (exact) mass is 250 g/mol. The number of aromatic nitrogens is 1. The van der Waals surface area contributed by atoms with Crippen LogP contribution in [0.5, 0.6) is 11.5 Å². The standard InChI is InChI=1S/C14H22N2O2/c1-4-14(7-5-8-14)16-10-11-13(18-3)12(17-2)6-9-15-11/h6,9,16H,4-5,7-8,10H2,1-3H3. The van der Waals surface area contributed by atoms with E-state index in [1.54, 1.807) is 20.4 Å². The Labute approximate surface area is 109 Å². The number of hydrogen-bond acceptors (Lipinski definition) is 4. The van der Waals surface area contributed by atoms with Gasteiger partial charge >= 0.3 is 0 Å². The van der Waals surface area contributed by atoms with Crippen LogP contribution in [-0.2, 0) is 6.54 Å². The molecule has 1 saturated carbocycles. The van der Waals surface area contributed by atoms with Crippen LogP contribution >= 0.6 is 0 Å². The summed E-state index contributed by atoms with van der Waals surface area (Å²) < 4.78 is 10.7. The van der Waals surface area contributed by atoms with Gasteiger partial charge in [0.15, 0.2) is 11.5 Å². The number of pyridine rings is 1. The summed E-state index contributed by atoms with van der Waals surface area (Å²) in [6.07, 6.45) is 6.77. The average Bonchev–Trinajstić information content (AvgIpc) is 2.37. The Kier molecular flexibility index (Phi) is 4.07. The number of ether oxygens (including phenoxy) is 2. The molecule has 2 rings (SSSR count). The van der Waals surface area contributed by atoms with Crippen LogP contribution in [0.4, 0.5) is 0 Å². The zero-order valence-electron chi connectivity index (χ0n) is 11.5. The molecule has 1 N–H and O–H groups in total. The second kappa shape index (κ2) is 5.57. The van der Waals surface area contributed by atoms with E-state index >= 15 is 0 Å². The summed E-state index contributed by atoms with van der Waals surface area (Å²) in [6, 6.07) is 1.82. The molecular formula is C14H22N2O2. The van der Waals surface area contributed by atoms with Crippen LogP contribution in [0.2, 0.25) is 0 Å². The average molecular weight is 250 g/mol. The molecule has 0 spiro atoms. The minimum absolute atomic E-state index is 0.315. The van der Waals surface area contributed by atoms with E-state index in [1.807, 2.05) is 6.07 Å². The number of nitrogens with one attached hydrogen (secondary N) is 1. The van der Waals surface area contributed by atoms with Gasteiger partial charge in [-0.2, -0.15) is 0 Å². The summed E-state index contributed by atoms with van der Waals surface area (Å²) in [5, 5.41) is 3.63. The van der Waals surface area contributed by atoms with E-state index in [0.717, 1.165) is 23.7 Å². The Morgan fingerprint density at radius 3 is 2.61 bits per heavy atom. The maximum absolute atomic E-state index is 5.39. The van der Waals surface area contributed by atoms with Gasteiger partial charge in [-0.05, 0) is 25.7 Å². The highest BCUT2D eigenvalue weighted by Crippen LogP contribution is 2.36. The van der Waals surface area contributed by atoms with Gasteiger partial charge in [0.25, 0.3) is 0 Å². The Morgan fingerprint density at radius 1 is 1.33 bits per heavy atom. The first-order chi connectivity index (χ1) is 8.74. The lowest BCUT2D eigenvalue weighted by Crippen LogP contribution is -2.50. The second-order valence-corrected chi connectivity index (χ2v) is 4.83. The lowest BCUT2D eigenvalue weighted by molar-refractivity contribution is 0.174. The predicted molar refractivity (Wildman–Crippen MR) is 71.1 cm³/mol. The van der Waals surface area contributed by atoms with Gasteiger partial charge < -0.3 is 14.8 Å². The summed E-state index contributed by atoms with van der Waals surface area (Å²) in [6.45, 7) is 2.97.